The maximum absolute atomic E-state index is 2.48. The first-order valence-corrected chi connectivity index (χ1v) is 25.2. The van der Waals surface area contributed by atoms with Gasteiger partial charge in [-0.1, -0.05) is 214 Å². The van der Waals surface area contributed by atoms with Crippen LogP contribution in [0.3, 0.4) is 0 Å². The van der Waals surface area contributed by atoms with Crippen LogP contribution in [0.4, 0.5) is 17.1 Å². The Hall–Kier alpha value is -8.98. The van der Waals surface area contributed by atoms with Crippen LogP contribution >= 0.6 is 0 Å². The van der Waals surface area contributed by atoms with E-state index in [9.17, 15) is 0 Å². The number of aromatic nitrogens is 1. The van der Waals surface area contributed by atoms with Gasteiger partial charge in [0.15, 0.2) is 0 Å². The second kappa shape index (κ2) is 16.3. The summed E-state index contributed by atoms with van der Waals surface area (Å²) in [5.41, 5.74) is 24.3. The normalized spacial score (nSPS) is 13.6. The number of nitrogens with zero attached hydrogens (tertiary/aromatic N) is 2. The lowest BCUT2D eigenvalue weighted by atomic mass is 9.68. The summed E-state index contributed by atoms with van der Waals surface area (Å²) in [6.07, 6.45) is 0. The summed E-state index contributed by atoms with van der Waals surface area (Å²) in [7, 11) is 0. The van der Waals surface area contributed by atoms with Crippen LogP contribution in [0, 0.1) is 0 Å². The number of benzene rings is 11. The van der Waals surface area contributed by atoms with Gasteiger partial charge in [-0.15, -0.1) is 0 Å². The zero-order valence-corrected chi connectivity index (χ0v) is 40.3. The smallest absolute Gasteiger partial charge is 0.0713 e. The molecule has 340 valence electrons. The van der Waals surface area contributed by atoms with E-state index in [2.05, 4.69) is 290 Å². The topological polar surface area (TPSA) is 8.17 Å². The number of fused-ring (bicyclic) bond motifs is 9. The zero-order valence-electron chi connectivity index (χ0n) is 40.3. The van der Waals surface area contributed by atoms with E-state index in [1.54, 1.807) is 0 Å². The molecule has 0 aliphatic heterocycles. The summed E-state index contributed by atoms with van der Waals surface area (Å²) in [5, 5.41) is 2.49. The first-order chi connectivity index (χ1) is 35.5. The molecule has 0 unspecified atom stereocenters. The minimum Gasteiger partial charge on any atom is -0.310 e. The summed E-state index contributed by atoms with van der Waals surface area (Å²) in [6, 6.07) is 98.9. The van der Waals surface area contributed by atoms with E-state index in [4.69, 9.17) is 0 Å². The molecular weight excluding hydrogens is 869 g/mol. The zero-order chi connectivity index (χ0) is 48.0. The van der Waals surface area contributed by atoms with Crippen molar-refractivity contribution in [2.24, 2.45) is 0 Å². The van der Waals surface area contributed by atoms with Gasteiger partial charge in [-0.2, -0.15) is 0 Å². The van der Waals surface area contributed by atoms with Gasteiger partial charge in [0, 0.05) is 38.9 Å². The molecule has 0 radical (unpaired) electrons. The minimum absolute atomic E-state index is 0.0432. The molecule has 1 heterocycles. The molecule has 0 atom stereocenters. The van der Waals surface area contributed by atoms with Gasteiger partial charge in [0.2, 0.25) is 0 Å². The SMILES string of the molecule is CC1(C)c2ccccc2-c2cc(N(c3ccccc3)c3ccc(-c4cccc(-c5ccc6c7ccccc7n(-c7ccc8c(c7)-c7ccccc7C8(c7ccccc7)c7ccccc7)c6c5)c4)cc3)ccc21. The first kappa shape index (κ1) is 41.9. The number of hydrogen-bond donors (Lipinski definition) is 0. The molecule has 2 nitrogen and oxygen atoms in total. The van der Waals surface area contributed by atoms with Crippen molar-refractivity contribution in [1.29, 1.82) is 0 Å². The molecule has 2 aliphatic carbocycles. The van der Waals surface area contributed by atoms with Gasteiger partial charge in [-0.05, 0) is 145 Å². The molecule has 0 saturated carbocycles. The maximum Gasteiger partial charge on any atom is 0.0713 e. The molecule has 0 N–H and O–H groups in total. The van der Waals surface area contributed by atoms with Crippen LogP contribution in [-0.4, -0.2) is 4.57 Å². The summed E-state index contributed by atoms with van der Waals surface area (Å²) in [5.74, 6) is 0. The number of rotatable bonds is 8. The van der Waals surface area contributed by atoms with E-state index in [1.165, 1.54) is 99.7 Å². The summed E-state index contributed by atoms with van der Waals surface area (Å²) in [4.78, 5) is 2.38. The molecule has 2 heteroatoms. The summed E-state index contributed by atoms with van der Waals surface area (Å²) >= 11 is 0. The molecule has 11 aromatic carbocycles. The molecule has 2 aliphatic rings. The molecule has 0 bridgehead atoms. The van der Waals surface area contributed by atoms with Crippen LogP contribution in [0.25, 0.3) is 72.0 Å². The van der Waals surface area contributed by atoms with E-state index < -0.39 is 5.41 Å². The van der Waals surface area contributed by atoms with E-state index >= 15 is 0 Å². The average molecular weight is 919 g/mol. The molecule has 0 amide bonds. The van der Waals surface area contributed by atoms with Crippen molar-refractivity contribution in [3.63, 3.8) is 0 Å². The van der Waals surface area contributed by atoms with Gasteiger partial charge >= 0.3 is 0 Å². The molecule has 72 heavy (non-hydrogen) atoms. The van der Waals surface area contributed by atoms with Crippen LogP contribution < -0.4 is 4.90 Å². The van der Waals surface area contributed by atoms with Crippen LogP contribution in [0.15, 0.2) is 267 Å². The Morgan fingerprint density at radius 3 is 1.54 bits per heavy atom. The lowest BCUT2D eigenvalue weighted by molar-refractivity contribution is 0.660. The molecule has 0 spiro atoms. The standard InChI is InChI=1S/C70H50N2/c1-69(2)63-30-15-12-27-57(63)61-45-55(38-41-64(61)69)71(53-25-10-5-11-26-53)54-36-33-47(34-37-54)48-19-18-20-49(43-48)50-35-40-60-59-29-14-17-32-67(59)72(68(60)44-50)56-39-42-66-62(46-56)58-28-13-16-31-65(58)70(66,51-21-6-3-7-22-51)52-23-8-4-9-24-52/h3-46H,1-2H3. The summed E-state index contributed by atoms with van der Waals surface area (Å²) in [6.45, 7) is 4.68. The third-order valence-electron chi connectivity index (χ3n) is 15.9. The molecule has 12 aromatic rings. The molecule has 1 aromatic heterocycles. The van der Waals surface area contributed by atoms with Gasteiger partial charge in [-0.25, -0.2) is 0 Å². The fourth-order valence-corrected chi connectivity index (χ4v) is 12.6. The molecule has 0 fully saturated rings. The summed E-state index contributed by atoms with van der Waals surface area (Å²) < 4.78 is 2.48. The lowest BCUT2D eigenvalue weighted by Crippen LogP contribution is -2.28. The Kier molecular flexibility index (Phi) is 9.50. The van der Waals surface area contributed by atoms with E-state index in [-0.39, 0.29) is 5.41 Å². The second-order valence-electron chi connectivity index (χ2n) is 20.0. The fraction of sp³-hybridized carbons (Fsp3) is 0.0571. The highest BCUT2D eigenvalue weighted by atomic mass is 15.1. The monoisotopic (exact) mass is 918 g/mol. The number of anilines is 3. The quantitative estimate of drug-likeness (QED) is 0.147. The highest BCUT2D eigenvalue weighted by molar-refractivity contribution is 6.10. The minimum atomic E-state index is -0.444. The number of para-hydroxylation sites is 2. The van der Waals surface area contributed by atoms with Crippen molar-refractivity contribution in [3.05, 3.63) is 300 Å². The van der Waals surface area contributed by atoms with Crippen molar-refractivity contribution in [2.75, 3.05) is 4.90 Å². The average Bonchev–Trinajstić information content (AvgIpc) is 4.02. The van der Waals surface area contributed by atoms with Crippen LogP contribution in [0.1, 0.15) is 47.2 Å². The predicted molar refractivity (Wildman–Crippen MR) is 301 cm³/mol. The van der Waals surface area contributed by atoms with Crippen molar-refractivity contribution < 1.29 is 0 Å². The van der Waals surface area contributed by atoms with Crippen molar-refractivity contribution in [2.45, 2.75) is 24.7 Å². The van der Waals surface area contributed by atoms with Gasteiger partial charge in [0.25, 0.3) is 0 Å². The van der Waals surface area contributed by atoms with E-state index in [1.807, 2.05) is 0 Å². The molecule has 0 saturated heterocycles. The van der Waals surface area contributed by atoms with Crippen molar-refractivity contribution >= 4 is 38.9 Å². The Bertz CT molecular complexity index is 4010. The highest BCUT2D eigenvalue weighted by Gasteiger charge is 2.46. The van der Waals surface area contributed by atoms with Gasteiger partial charge in [0.05, 0.1) is 16.4 Å². The van der Waals surface area contributed by atoms with E-state index in [0.29, 0.717) is 0 Å². The van der Waals surface area contributed by atoms with Crippen molar-refractivity contribution in [3.8, 4) is 50.2 Å². The predicted octanol–water partition coefficient (Wildman–Crippen LogP) is 18.3. The lowest BCUT2D eigenvalue weighted by Gasteiger charge is -2.33. The fourth-order valence-electron chi connectivity index (χ4n) is 12.6. The maximum atomic E-state index is 2.48. The Morgan fingerprint density at radius 2 is 0.806 bits per heavy atom. The van der Waals surface area contributed by atoms with E-state index in [0.717, 1.165) is 22.7 Å². The van der Waals surface area contributed by atoms with Crippen LogP contribution in [0.5, 0.6) is 0 Å². The largest absolute Gasteiger partial charge is 0.310 e. The first-order valence-electron chi connectivity index (χ1n) is 25.2. The Morgan fingerprint density at radius 1 is 0.306 bits per heavy atom. The van der Waals surface area contributed by atoms with Gasteiger partial charge in [-0.3, -0.25) is 0 Å². The van der Waals surface area contributed by atoms with Crippen molar-refractivity contribution in [1.82, 2.24) is 4.57 Å². The van der Waals surface area contributed by atoms with Crippen LogP contribution in [0.2, 0.25) is 0 Å². The third kappa shape index (κ3) is 6.28. The Labute approximate surface area is 421 Å². The highest BCUT2D eigenvalue weighted by Crippen LogP contribution is 2.57. The molecule has 14 rings (SSSR count). The third-order valence-corrected chi connectivity index (χ3v) is 15.9. The van der Waals surface area contributed by atoms with Crippen LogP contribution in [-0.2, 0) is 10.8 Å². The molecular formula is C70H50N2. The second-order valence-corrected chi connectivity index (χ2v) is 20.0. The van der Waals surface area contributed by atoms with Gasteiger partial charge < -0.3 is 9.47 Å². The van der Waals surface area contributed by atoms with Gasteiger partial charge in [0.1, 0.15) is 0 Å². The Balaban J connectivity index is 0.849. The number of hydrogen-bond acceptors (Lipinski definition) is 1.